The minimum atomic E-state index is 0.157. The average Bonchev–Trinajstić information content (AvgIpc) is 3.16. The zero-order chi connectivity index (χ0) is 16.7. The molecule has 0 aliphatic heterocycles. The number of nitrogens with one attached hydrogen (secondary N) is 1. The first-order chi connectivity index (χ1) is 11.7. The van der Waals surface area contributed by atoms with Gasteiger partial charge in [0.2, 0.25) is 0 Å². The highest BCUT2D eigenvalue weighted by atomic mass is 32.1. The van der Waals surface area contributed by atoms with Crippen LogP contribution in [0.4, 0.5) is 5.82 Å². The molecule has 122 valence electrons. The minimum absolute atomic E-state index is 0.157. The van der Waals surface area contributed by atoms with Gasteiger partial charge in [0.1, 0.15) is 16.1 Å². The molecule has 4 N–H and O–H groups in total. The smallest absolute Gasteiger partial charge is 0.181 e. The van der Waals surface area contributed by atoms with Gasteiger partial charge in [-0.2, -0.15) is 0 Å². The van der Waals surface area contributed by atoms with E-state index in [0.29, 0.717) is 18.9 Å². The lowest BCUT2D eigenvalue weighted by atomic mass is 10.2. The third-order valence-corrected chi connectivity index (χ3v) is 4.92. The maximum atomic E-state index is 10.1. The Morgan fingerprint density at radius 1 is 1.38 bits per heavy atom. The highest BCUT2D eigenvalue weighted by molar-refractivity contribution is 7.21. The molecule has 0 bridgehead atoms. The standard InChI is InChI=1S/C16H16N6OS/c1-9-7-20-15-14(19-5-3-17)21-11-6-13(24-16(11)22(9)15)10-2-4-18-8-12(10)23/h2,4,6-8,23H,3,5,17H2,1H3,(H,19,21). The lowest BCUT2D eigenvalue weighted by Crippen LogP contribution is -2.14. The predicted octanol–water partition coefficient (Wildman–Crippen LogP) is 2.39. The van der Waals surface area contributed by atoms with Gasteiger partial charge in [0.05, 0.1) is 6.20 Å². The van der Waals surface area contributed by atoms with Gasteiger partial charge in [-0.05, 0) is 19.1 Å². The molecule has 8 heteroatoms. The number of aromatic hydroxyl groups is 1. The van der Waals surface area contributed by atoms with Gasteiger partial charge >= 0.3 is 0 Å². The van der Waals surface area contributed by atoms with Crippen molar-refractivity contribution >= 4 is 33.1 Å². The number of imidazole rings is 1. The van der Waals surface area contributed by atoms with Crippen LogP contribution in [0.5, 0.6) is 5.75 Å². The van der Waals surface area contributed by atoms with Crippen LogP contribution in [0.15, 0.2) is 30.7 Å². The first-order valence-electron chi connectivity index (χ1n) is 7.54. The molecular formula is C16H16N6OS. The van der Waals surface area contributed by atoms with Crippen LogP contribution in [-0.2, 0) is 0 Å². The Hall–Kier alpha value is -2.71. The number of anilines is 1. The van der Waals surface area contributed by atoms with Crippen molar-refractivity contribution in [3.8, 4) is 16.2 Å². The van der Waals surface area contributed by atoms with Gasteiger partial charge < -0.3 is 16.2 Å². The summed E-state index contributed by atoms with van der Waals surface area (Å²) in [4.78, 5) is 15.0. The maximum Gasteiger partial charge on any atom is 0.181 e. The quantitative estimate of drug-likeness (QED) is 0.527. The summed E-state index contributed by atoms with van der Waals surface area (Å²) in [5.41, 5.74) is 8.99. The first kappa shape index (κ1) is 14.9. The van der Waals surface area contributed by atoms with Gasteiger partial charge in [0.15, 0.2) is 11.5 Å². The van der Waals surface area contributed by atoms with E-state index in [4.69, 9.17) is 10.7 Å². The molecule has 0 fully saturated rings. The molecule has 0 amide bonds. The lowest BCUT2D eigenvalue weighted by molar-refractivity contribution is 0.475. The molecule has 4 rings (SSSR count). The maximum absolute atomic E-state index is 10.1. The third kappa shape index (κ3) is 2.27. The van der Waals surface area contributed by atoms with Gasteiger partial charge in [0.25, 0.3) is 0 Å². The summed E-state index contributed by atoms with van der Waals surface area (Å²) in [6, 6.07) is 3.77. The first-order valence-corrected chi connectivity index (χ1v) is 8.35. The normalized spacial score (nSPS) is 11.4. The van der Waals surface area contributed by atoms with Crippen LogP contribution < -0.4 is 11.1 Å². The van der Waals surface area contributed by atoms with E-state index in [0.717, 1.165) is 32.1 Å². The number of nitrogens with two attached hydrogens (primary N) is 1. The van der Waals surface area contributed by atoms with Crippen molar-refractivity contribution in [1.82, 2.24) is 19.4 Å². The Balaban J connectivity index is 1.97. The average molecular weight is 340 g/mol. The number of aryl methyl sites for hydroxylation is 1. The Kier molecular flexibility index (Phi) is 3.55. The summed E-state index contributed by atoms with van der Waals surface area (Å²) in [5.74, 6) is 0.869. The molecule has 0 spiro atoms. The van der Waals surface area contributed by atoms with Crippen molar-refractivity contribution in [2.24, 2.45) is 5.73 Å². The van der Waals surface area contributed by atoms with Crippen LogP contribution in [0.1, 0.15) is 5.69 Å². The van der Waals surface area contributed by atoms with Crippen LogP contribution in [0.25, 0.3) is 26.4 Å². The van der Waals surface area contributed by atoms with Crippen LogP contribution in [0, 0.1) is 6.92 Å². The molecule has 0 saturated carbocycles. The summed E-state index contributed by atoms with van der Waals surface area (Å²) in [5, 5.41) is 13.3. The highest BCUT2D eigenvalue weighted by Crippen LogP contribution is 2.38. The molecule has 0 aliphatic rings. The van der Waals surface area contributed by atoms with Crippen molar-refractivity contribution in [2.45, 2.75) is 6.92 Å². The molecule has 24 heavy (non-hydrogen) atoms. The fraction of sp³-hybridized carbons (Fsp3) is 0.188. The topological polar surface area (TPSA) is 101 Å². The molecule has 0 unspecified atom stereocenters. The number of rotatable bonds is 4. The van der Waals surface area contributed by atoms with E-state index in [-0.39, 0.29) is 5.75 Å². The molecule has 4 heterocycles. The van der Waals surface area contributed by atoms with E-state index in [1.165, 1.54) is 6.20 Å². The summed E-state index contributed by atoms with van der Waals surface area (Å²) in [6.45, 7) is 3.16. The Bertz CT molecular complexity index is 1040. The van der Waals surface area contributed by atoms with Crippen molar-refractivity contribution in [3.05, 3.63) is 36.4 Å². The number of thiophene rings is 1. The summed E-state index contributed by atoms with van der Waals surface area (Å²) >= 11 is 1.57. The van der Waals surface area contributed by atoms with E-state index < -0.39 is 0 Å². The highest BCUT2D eigenvalue weighted by Gasteiger charge is 2.16. The van der Waals surface area contributed by atoms with Crippen molar-refractivity contribution < 1.29 is 5.11 Å². The fourth-order valence-electron chi connectivity index (χ4n) is 2.68. The second-order valence-electron chi connectivity index (χ2n) is 5.43. The molecule has 7 nitrogen and oxygen atoms in total. The number of hydrogen-bond donors (Lipinski definition) is 3. The van der Waals surface area contributed by atoms with Crippen molar-refractivity contribution in [1.29, 1.82) is 0 Å². The number of aromatic nitrogens is 4. The zero-order valence-corrected chi connectivity index (χ0v) is 13.8. The van der Waals surface area contributed by atoms with Gasteiger partial charge in [0, 0.05) is 41.6 Å². The zero-order valence-electron chi connectivity index (χ0n) is 13.0. The Morgan fingerprint density at radius 3 is 3.04 bits per heavy atom. The van der Waals surface area contributed by atoms with Crippen molar-refractivity contribution in [3.63, 3.8) is 0 Å². The number of pyridine rings is 1. The number of fused-ring (bicyclic) bond motifs is 3. The summed E-state index contributed by atoms with van der Waals surface area (Å²) in [7, 11) is 0. The Labute approximate surface area is 141 Å². The fourth-order valence-corrected chi connectivity index (χ4v) is 3.87. The molecule has 0 saturated heterocycles. The summed E-state index contributed by atoms with van der Waals surface area (Å²) in [6.07, 6.45) is 4.94. The van der Waals surface area contributed by atoms with Gasteiger partial charge in [-0.3, -0.25) is 9.38 Å². The largest absolute Gasteiger partial charge is 0.506 e. The molecular weight excluding hydrogens is 324 g/mol. The molecule has 0 aliphatic carbocycles. The van der Waals surface area contributed by atoms with Crippen molar-refractivity contribution in [2.75, 3.05) is 18.4 Å². The van der Waals surface area contributed by atoms with Crippen LogP contribution >= 0.6 is 11.3 Å². The van der Waals surface area contributed by atoms with Crippen LogP contribution in [0.2, 0.25) is 0 Å². The minimum Gasteiger partial charge on any atom is -0.506 e. The second-order valence-corrected chi connectivity index (χ2v) is 6.46. The van der Waals surface area contributed by atoms with Crippen LogP contribution in [0.3, 0.4) is 0 Å². The van der Waals surface area contributed by atoms with Gasteiger partial charge in [-0.25, -0.2) is 9.97 Å². The lowest BCUT2D eigenvalue weighted by Gasteiger charge is -2.07. The molecule has 4 aromatic heterocycles. The second kappa shape index (κ2) is 5.73. The van der Waals surface area contributed by atoms with E-state index in [9.17, 15) is 5.11 Å². The number of hydrogen-bond acceptors (Lipinski definition) is 7. The van der Waals surface area contributed by atoms with E-state index in [2.05, 4.69) is 19.7 Å². The SMILES string of the molecule is Cc1cnc2c(NCCN)nc3cc(-c4ccncc4O)sc3n12. The van der Waals surface area contributed by atoms with E-state index in [1.807, 2.05) is 19.2 Å². The monoisotopic (exact) mass is 340 g/mol. The summed E-state index contributed by atoms with van der Waals surface area (Å²) < 4.78 is 2.08. The Morgan fingerprint density at radius 2 is 2.25 bits per heavy atom. The van der Waals surface area contributed by atoms with Crippen LogP contribution in [-0.4, -0.2) is 37.5 Å². The van der Waals surface area contributed by atoms with E-state index in [1.54, 1.807) is 23.6 Å². The third-order valence-electron chi connectivity index (χ3n) is 3.78. The molecule has 4 aromatic rings. The predicted molar refractivity (Wildman–Crippen MR) is 95.5 cm³/mol. The number of nitrogens with zero attached hydrogens (tertiary/aromatic N) is 4. The van der Waals surface area contributed by atoms with Gasteiger partial charge in [-0.1, -0.05) is 0 Å². The molecule has 0 radical (unpaired) electrons. The van der Waals surface area contributed by atoms with Gasteiger partial charge in [-0.15, -0.1) is 11.3 Å². The molecule has 0 atom stereocenters. The van der Waals surface area contributed by atoms with E-state index >= 15 is 0 Å². The molecule has 0 aromatic carbocycles.